The van der Waals surface area contributed by atoms with E-state index in [0.717, 1.165) is 11.5 Å². The van der Waals surface area contributed by atoms with E-state index < -0.39 is 11.9 Å². The first kappa shape index (κ1) is 25.9. The van der Waals surface area contributed by atoms with Gasteiger partial charge in [-0.3, -0.25) is 0 Å². The van der Waals surface area contributed by atoms with Crippen LogP contribution in [-0.4, -0.2) is 25.2 Å². The van der Waals surface area contributed by atoms with Gasteiger partial charge >= 0.3 is 11.9 Å². The van der Waals surface area contributed by atoms with Crippen LogP contribution in [0.2, 0.25) is 0 Å². The van der Waals surface area contributed by atoms with Crippen LogP contribution in [0.3, 0.4) is 0 Å². The molecule has 1 aromatic rings. The van der Waals surface area contributed by atoms with Crippen molar-refractivity contribution in [2.45, 2.75) is 84.0 Å². The van der Waals surface area contributed by atoms with Crippen LogP contribution >= 0.6 is 0 Å². The Morgan fingerprint density at radius 2 is 1.62 bits per heavy atom. The average Bonchev–Trinajstić information content (AvgIpc) is 2.81. The number of esters is 2. The van der Waals surface area contributed by atoms with E-state index >= 15 is 0 Å². The molecule has 2 rings (SSSR count). The molecular weight excluding hydrogens is 400 g/mol. The van der Waals surface area contributed by atoms with Crippen LogP contribution in [0.5, 0.6) is 0 Å². The van der Waals surface area contributed by atoms with E-state index in [9.17, 15) is 9.59 Å². The minimum atomic E-state index is -0.479. The Balaban J connectivity index is 1.67. The fourth-order valence-electron chi connectivity index (χ4n) is 4.31. The summed E-state index contributed by atoms with van der Waals surface area (Å²) in [5.74, 6) is 0.655. The summed E-state index contributed by atoms with van der Waals surface area (Å²) in [5.41, 5.74) is 2.70. The first-order valence-electron chi connectivity index (χ1n) is 12.3. The Kier molecular flexibility index (Phi) is 11.9. The Morgan fingerprint density at radius 1 is 0.969 bits per heavy atom. The van der Waals surface area contributed by atoms with Crippen molar-refractivity contribution in [1.82, 2.24) is 0 Å². The Bertz CT molecular complexity index is 739. The lowest BCUT2D eigenvalue weighted by atomic mass is 9.77. The second-order valence-corrected chi connectivity index (χ2v) is 9.00. The van der Waals surface area contributed by atoms with Crippen molar-refractivity contribution in [2.24, 2.45) is 5.92 Å². The minimum absolute atomic E-state index is 0.0288. The highest BCUT2D eigenvalue weighted by Gasteiger charge is 2.21. The Labute approximate surface area is 194 Å². The summed E-state index contributed by atoms with van der Waals surface area (Å²) in [6.07, 6.45) is 16.8. The van der Waals surface area contributed by atoms with Crippen molar-refractivity contribution in [3.63, 3.8) is 0 Å². The molecule has 1 aliphatic rings. The number of hydrogen-bond acceptors (Lipinski definition) is 4. The third kappa shape index (κ3) is 9.84. The van der Waals surface area contributed by atoms with Crippen molar-refractivity contribution in [3.05, 3.63) is 53.6 Å². The average molecular weight is 441 g/mol. The molecule has 1 aromatic carbocycles. The number of carbonyl (C=O) groups excluding carboxylic acids is 2. The molecule has 4 heteroatoms. The predicted octanol–water partition coefficient (Wildman–Crippen LogP) is 7.00. The summed E-state index contributed by atoms with van der Waals surface area (Å²) in [4.78, 5) is 23.1. The summed E-state index contributed by atoms with van der Waals surface area (Å²) in [6.45, 7) is 7.40. The van der Waals surface area contributed by atoms with E-state index in [1.807, 2.05) is 0 Å². The second-order valence-electron chi connectivity index (χ2n) is 9.00. The summed E-state index contributed by atoms with van der Waals surface area (Å²) >= 11 is 0. The third-order valence-corrected chi connectivity index (χ3v) is 6.29. The molecule has 1 fully saturated rings. The fourth-order valence-corrected chi connectivity index (χ4v) is 4.31. The zero-order valence-electron chi connectivity index (χ0n) is 19.9. The number of rotatable bonds is 13. The summed E-state index contributed by atoms with van der Waals surface area (Å²) in [6, 6.07) is 8.51. The van der Waals surface area contributed by atoms with Crippen molar-refractivity contribution < 1.29 is 19.1 Å². The normalized spacial score (nSPS) is 18.4. The van der Waals surface area contributed by atoms with Crippen LogP contribution in [0.25, 0.3) is 6.08 Å². The molecule has 0 aromatic heterocycles. The van der Waals surface area contributed by atoms with Gasteiger partial charge < -0.3 is 9.47 Å². The molecule has 0 aliphatic heterocycles. The SMILES string of the molecule is C=C(C)C(=O)OCCOC(=O)/C=C/c1ccc(C2CCC(CCCCCCC)CC2)cc1. The van der Waals surface area contributed by atoms with E-state index in [-0.39, 0.29) is 13.2 Å². The first-order chi connectivity index (χ1) is 15.5. The maximum absolute atomic E-state index is 11.8. The molecule has 0 heterocycles. The molecule has 0 bridgehead atoms. The maximum atomic E-state index is 11.8. The van der Waals surface area contributed by atoms with Gasteiger partial charge in [0.1, 0.15) is 13.2 Å². The molecule has 0 saturated heterocycles. The zero-order chi connectivity index (χ0) is 23.2. The lowest BCUT2D eigenvalue weighted by Crippen LogP contribution is -2.13. The predicted molar refractivity (Wildman–Crippen MR) is 130 cm³/mol. The van der Waals surface area contributed by atoms with E-state index in [0.29, 0.717) is 11.5 Å². The molecule has 0 amide bonds. The third-order valence-electron chi connectivity index (χ3n) is 6.29. The van der Waals surface area contributed by atoms with Gasteiger partial charge in [0.15, 0.2) is 0 Å². The lowest BCUT2D eigenvalue weighted by molar-refractivity contribution is -0.146. The highest BCUT2D eigenvalue weighted by molar-refractivity contribution is 5.87. The highest BCUT2D eigenvalue weighted by atomic mass is 16.6. The summed E-state index contributed by atoms with van der Waals surface area (Å²) in [5, 5.41) is 0. The number of ether oxygens (including phenoxy) is 2. The molecule has 32 heavy (non-hydrogen) atoms. The van der Waals surface area contributed by atoms with Gasteiger partial charge in [-0.1, -0.05) is 76.3 Å². The summed E-state index contributed by atoms with van der Waals surface area (Å²) in [7, 11) is 0. The van der Waals surface area contributed by atoms with Gasteiger partial charge in [0, 0.05) is 11.6 Å². The van der Waals surface area contributed by atoms with Gasteiger partial charge in [0.05, 0.1) is 0 Å². The van der Waals surface area contributed by atoms with E-state index in [1.165, 1.54) is 75.8 Å². The van der Waals surface area contributed by atoms with Crippen molar-refractivity contribution in [3.8, 4) is 0 Å². The molecule has 176 valence electrons. The van der Waals surface area contributed by atoms with E-state index in [4.69, 9.17) is 9.47 Å². The van der Waals surface area contributed by atoms with Crippen LogP contribution in [-0.2, 0) is 19.1 Å². The van der Waals surface area contributed by atoms with Crippen LogP contribution in [0, 0.1) is 5.92 Å². The fraction of sp³-hybridized carbons (Fsp3) is 0.571. The van der Waals surface area contributed by atoms with Crippen molar-refractivity contribution >= 4 is 18.0 Å². The molecule has 1 aliphatic carbocycles. The number of unbranched alkanes of at least 4 members (excludes halogenated alkanes) is 4. The standard InChI is InChI=1S/C28H40O4/c1-4-5-6-7-8-9-23-10-15-25(16-11-23)26-17-12-24(13-18-26)14-19-27(29)31-20-21-32-28(30)22(2)3/h12-14,17-19,23,25H,2,4-11,15-16,20-21H2,1,3H3/b19-14+. The topological polar surface area (TPSA) is 52.6 Å². The first-order valence-corrected chi connectivity index (χ1v) is 12.3. The maximum Gasteiger partial charge on any atom is 0.333 e. The van der Waals surface area contributed by atoms with Crippen molar-refractivity contribution in [1.29, 1.82) is 0 Å². The molecular formula is C28H40O4. The number of carbonyl (C=O) groups is 2. The van der Waals surface area contributed by atoms with Gasteiger partial charge in [0.25, 0.3) is 0 Å². The van der Waals surface area contributed by atoms with E-state index in [1.54, 1.807) is 13.0 Å². The van der Waals surface area contributed by atoms with Gasteiger partial charge in [-0.25, -0.2) is 9.59 Å². The van der Waals surface area contributed by atoms with Gasteiger partial charge in [-0.15, -0.1) is 0 Å². The Morgan fingerprint density at radius 3 is 2.28 bits per heavy atom. The molecule has 0 N–H and O–H groups in total. The second kappa shape index (κ2) is 14.7. The van der Waals surface area contributed by atoms with Crippen molar-refractivity contribution in [2.75, 3.05) is 13.2 Å². The van der Waals surface area contributed by atoms with Crippen LogP contribution in [0.1, 0.15) is 95.1 Å². The molecule has 0 unspecified atom stereocenters. The smallest absolute Gasteiger partial charge is 0.333 e. The minimum Gasteiger partial charge on any atom is -0.459 e. The van der Waals surface area contributed by atoms with Crippen LogP contribution < -0.4 is 0 Å². The quantitative estimate of drug-likeness (QED) is 0.188. The molecule has 0 atom stereocenters. The number of hydrogen-bond donors (Lipinski definition) is 0. The van der Waals surface area contributed by atoms with Crippen LogP contribution in [0.4, 0.5) is 0 Å². The molecule has 0 radical (unpaired) electrons. The molecule has 0 spiro atoms. The Hall–Kier alpha value is -2.36. The highest BCUT2D eigenvalue weighted by Crippen LogP contribution is 2.37. The summed E-state index contributed by atoms with van der Waals surface area (Å²) < 4.78 is 9.92. The van der Waals surface area contributed by atoms with Gasteiger partial charge in [-0.05, 0) is 61.6 Å². The van der Waals surface area contributed by atoms with Crippen LogP contribution in [0.15, 0.2) is 42.5 Å². The zero-order valence-corrected chi connectivity index (χ0v) is 19.9. The van der Waals surface area contributed by atoms with E-state index in [2.05, 4.69) is 37.8 Å². The molecule has 4 nitrogen and oxygen atoms in total. The monoisotopic (exact) mass is 440 g/mol. The van der Waals surface area contributed by atoms with Gasteiger partial charge in [0.2, 0.25) is 0 Å². The largest absolute Gasteiger partial charge is 0.459 e. The molecule has 1 saturated carbocycles. The number of benzene rings is 1. The van der Waals surface area contributed by atoms with Gasteiger partial charge in [-0.2, -0.15) is 0 Å². The lowest BCUT2D eigenvalue weighted by Gasteiger charge is -2.29.